The molecule has 3 aromatic heterocycles. The molecule has 0 fully saturated rings. The van der Waals surface area contributed by atoms with Crippen molar-refractivity contribution in [3.63, 3.8) is 0 Å². The molecule has 3 nitrogen and oxygen atoms in total. The highest BCUT2D eigenvalue weighted by molar-refractivity contribution is 5.74. The van der Waals surface area contributed by atoms with Gasteiger partial charge in [-0.25, -0.2) is 4.98 Å². The largest absolute Gasteiger partial charge is 0.255 e. The van der Waals surface area contributed by atoms with Crippen LogP contribution in [0.4, 0.5) is 0 Å². The number of pyridine rings is 3. The summed E-state index contributed by atoms with van der Waals surface area (Å²) in [6, 6.07) is 26.8. The van der Waals surface area contributed by atoms with Gasteiger partial charge in [0.2, 0.25) is 0 Å². The van der Waals surface area contributed by atoms with Crippen LogP contribution in [-0.2, 0) is 0 Å². The molecule has 0 bridgehead atoms. The van der Waals surface area contributed by atoms with Crippen molar-refractivity contribution < 1.29 is 0 Å². The van der Waals surface area contributed by atoms with E-state index >= 15 is 0 Å². The molecule has 1 aromatic carbocycles. The van der Waals surface area contributed by atoms with Gasteiger partial charge in [-0.05, 0) is 53.6 Å². The molecule has 0 aliphatic rings. The van der Waals surface area contributed by atoms with E-state index in [-0.39, 0.29) is 0 Å². The highest BCUT2D eigenvalue weighted by atomic mass is 14.8. The van der Waals surface area contributed by atoms with Crippen molar-refractivity contribution in [2.24, 2.45) is 0 Å². The summed E-state index contributed by atoms with van der Waals surface area (Å²) in [5.41, 5.74) is 5.56. The van der Waals surface area contributed by atoms with Crippen molar-refractivity contribution in [2.45, 2.75) is 0 Å². The Balaban J connectivity index is 1.92. The summed E-state index contributed by atoms with van der Waals surface area (Å²) in [5.74, 6) is 0. The summed E-state index contributed by atoms with van der Waals surface area (Å²) >= 11 is 0. The molecule has 3 heteroatoms. The number of nitrogens with zero attached hydrogens (tertiary/aromatic N) is 3. The van der Waals surface area contributed by atoms with Crippen LogP contribution in [0.1, 0.15) is 0 Å². The highest BCUT2D eigenvalue weighted by Crippen LogP contribution is 2.28. The third-order valence-corrected chi connectivity index (χ3v) is 3.73. The molecule has 4 rings (SSSR count). The van der Waals surface area contributed by atoms with E-state index < -0.39 is 0 Å². The van der Waals surface area contributed by atoms with E-state index in [1.807, 2.05) is 60.7 Å². The zero-order chi connectivity index (χ0) is 16.2. The van der Waals surface area contributed by atoms with Crippen molar-refractivity contribution in [1.82, 2.24) is 15.0 Å². The lowest BCUT2D eigenvalue weighted by molar-refractivity contribution is 1.22. The summed E-state index contributed by atoms with van der Waals surface area (Å²) in [4.78, 5) is 13.6. The van der Waals surface area contributed by atoms with E-state index in [1.54, 1.807) is 12.4 Å². The fourth-order valence-corrected chi connectivity index (χ4v) is 2.57. The van der Waals surface area contributed by atoms with Gasteiger partial charge in [0.25, 0.3) is 0 Å². The van der Waals surface area contributed by atoms with Crippen molar-refractivity contribution in [2.75, 3.05) is 0 Å². The summed E-state index contributed by atoms with van der Waals surface area (Å²) in [6.07, 6.45) is 3.56. The number of rotatable bonds is 3. The van der Waals surface area contributed by atoms with Gasteiger partial charge < -0.3 is 0 Å². The molecule has 0 N–H and O–H groups in total. The molecule has 0 unspecified atom stereocenters. The molecule has 0 spiro atoms. The van der Waals surface area contributed by atoms with Gasteiger partial charge in [0, 0.05) is 12.4 Å². The van der Waals surface area contributed by atoms with Gasteiger partial charge in [-0.3, -0.25) is 9.97 Å². The zero-order valence-corrected chi connectivity index (χ0v) is 12.9. The fraction of sp³-hybridized carbons (Fsp3) is 0. The van der Waals surface area contributed by atoms with Gasteiger partial charge in [0.05, 0.1) is 22.8 Å². The lowest BCUT2D eigenvalue weighted by atomic mass is 10.0. The van der Waals surface area contributed by atoms with Gasteiger partial charge in [0.15, 0.2) is 0 Å². The van der Waals surface area contributed by atoms with Gasteiger partial charge >= 0.3 is 0 Å². The second-order valence-corrected chi connectivity index (χ2v) is 5.34. The standard InChI is InChI=1S/C21H14N3/c1-2-8-16(9-3-1)17-14-20(18-10-4-6-12-22-18)24-21(15-17)19-11-5-7-13-23-19/h2-15H. The molecule has 0 aliphatic heterocycles. The Hall–Kier alpha value is -3.33. The lowest BCUT2D eigenvalue weighted by Gasteiger charge is -2.09. The van der Waals surface area contributed by atoms with E-state index in [4.69, 9.17) is 4.98 Å². The SMILES string of the molecule is [c]1ccc(-c2cc(-c3ccccn3)nc(-c3ccccn3)c2)cc1. The average molecular weight is 308 g/mol. The van der Waals surface area contributed by atoms with Crippen LogP contribution in [0.15, 0.2) is 85.2 Å². The second-order valence-electron chi connectivity index (χ2n) is 5.34. The first-order valence-corrected chi connectivity index (χ1v) is 7.71. The van der Waals surface area contributed by atoms with Crippen LogP contribution in [0.3, 0.4) is 0 Å². The van der Waals surface area contributed by atoms with Gasteiger partial charge in [-0.1, -0.05) is 36.4 Å². The van der Waals surface area contributed by atoms with Crippen LogP contribution >= 0.6 is 0 Å². The number of benzene rings is 1. The maximum Gasteiger partial charge on any atom is 0.0900 e. The number of hydrogen-bond acceptors (Lipinski definition) is 3. The number of aromatic nitrogens is 3. The summed E-state index contributed by atoms with van der Waals surface area (Å²) in [7, 11) is 0. The molecule has 0 amide bonds. The normalized spacial score (nSPS) is 10.5. The smallest absolute Gasteiger partial charge is 0.0900 e. The molecule has 0 aliphatic carbocycles. The van der Waals surface area contributed by atoms with E-state index in [9.17, 15) is 0 Å². The Labute approximate surface area is 140 Å². The van der Waals surface area contributed by atoms with Crippen LogP contribution < -0.4 is 0 Å². The minimum Gasteiger partial charge on any atom is -0.255 e. The predicted octanol–water partition coefficient (Wildman–Crippen LogP) is 4.67. The summed E-state index contributed by atoms with van der Waals surface area (Å²) in [6.45, 7) is 0. The third kappa shape index (κ3) is 2.92. The van der Waals surface area contributed by atoms with Crippen molar-refractivity contribution in [3.8, 4) is 33.9 Å². The molecule has 3 heterocycles. The molecule has 0 saturated carbocycles. The lowest BCUT2D eigenvalue weighted by Crippen LogP contribution is -1.93. The van der Waals surface area contributed by atoms with E-state index in [2.05, 4.69) is 28.2 Å². The summed E-state index contributed by atoms with van der Waals surface area (Å²) in [5, 5.41) is 0. The first-order valence-electron chi connectivity index (χ1n) is 7.71. The monoisotopic (exact) mass is 308 g/mol. The Kier molecular flexibility index (Phi) is 3.82. The molecule has 24 heavy (non-hydrogen) atoms. The van der Waals surface area contributed by atoms with Crippen LogP contribution in [0.25, 0.3) is 33.9 Å². The predicted molar refractivity (Wildman–Crippen MR) is 95.0 cm³/mol. The molecular weight excluding hydrogens is 294 g/mol. The molecule has 1 radical (unpaired) electrons. The molecule has 0 saturated heterocycles. The summed E-state index contributed by atoms with van der Waals surface area (Å²) < 4.78 is 0. The van der Waals surface area contributed by atoms with Gasteiger partial charge in [-0.2, -0.15) is 0 Å². The molecule has 113 valence electrons. The van der Waals surface area contributed by atoms with Gasteiger partial charge in [-0.15, -0.1) is 0 Å². The maximum atomic E-state index is 4.77. The van der Waals surface area contributed by atoms with Crippen LogP contribution in [0, 0.1) is 6.07 Å². The third-order valence-electron chi connectivity index (χ3n) is 3.73. The number of hydrogen-bond donors (Lipinski definition) is 0. The first-order chi connectivity index (χ1) is 11.9. The topological polar surface area (TPSA) is 38.7 Å². The highest BCUT2D eigenvalue weighted by Gasteiger charge is 2.09. The molecule has 0 atom stereocenters. The molecule has 4 aromatic rings. The van der Waals surface area contributed by atoms with Crippen molar-refractivity contribution in [3.05, 3.63) is 91.3 Å². The minimum absolute atomic E-state index is 0.835. The van der Waals surface area contributed by atoms with E-state index in [0.29, 0.717) is 0 Å². The van der Waals surface area contributed by atoms with Gasteiger partial charge in [0.1, 0.15) is 0 Å². The first kappa shape index (κ1) is 14.3. The average Bonchev–Trinajstić information content (AvgIpc) is 2.70. The Morgan fingerprint density at radius 1 is 0.583 bits per heavy atom. The van der Waals surface area contributed by atoms with Crippen LogP contribution in [-0.4, -0.2) is 15.0 Å². The fourth-order valence-electron chi connectivity index (χ4n) is 2.57. The van der Waals surface area contributed by atoms with Crippen molar-refractivity contribution >= 4 is 0 Å². The quantitative estimate of drug-likeness (QED) is 0.552. The van der Waals surface area contributed by atoms with Crippen LogP contribution in [0.5, 0.6) is 0 Å². The van der Waals surface area contributed by atoms with E-state index in [0.717, 1.165) is 33.9 Å². The Bertz CT molecular complexity index is 797. The molecular formula is C21H14N3. The Morgan fingerprint density at radius 3 is 1.67 bits per heavy atom. The van der Waals surface area contributed by atoms with Crippen LogP contribution in [0.2, 0.25) is 0 Å². The Morgan fingerprint density at radius 2 is 1.17 bits per heavy atom. The second kappa shape index (κ2) is 6.42. The van der Waals surface area contributed by atoms with E-state index in [1.165, 1.54) is 0 Å². The maximum absolute atomic E-state index is 4.77. The zero-order valence-electron chi connectivity index (χ0n) is 12.9. The van der Waals surface area contributed by atoms with Crippen molar-refractivity contribution in [1.29, 1.82) is 0 Å². The minimum atomic E-state index is 0.835.